The molecule has 102 valence electrons. The van der Waals surface area contributed by atoms with Crippen molar-refractivity contribution in [3.63, 3.8) is 0 Å². The number of carbonyl (C=O) groups excluding carboxylic acids is 1. The number of nitrogens with one attached hydrogen (secondary N) is 1. The lowest BCUT2D eigenvalue weighted by Crippen LogP contribution is -2.18. The summed E-state index contributed by atoms with van der Waals surface area (Å²) in [5.41, 5.74) is 0.576. The molecular weight excluding hydrogens is 244 g/mol. The zero-order chi connectivity index (χ0) is 14.1. The molecule has 19 heavy (non-hydrogen) atoms. The van der Waals surface area contributed by atoms with Crippen LogP contribution in [-0.2, 0) is 9.53 Å². The normalized spacial score (nSPS) is 11.4. The van der Waals surface area contributed by atoms with Gasteiger partial charge in [-0.15, -0.1) is 0 Å². The number of benzene rings is 1. The average molecular weight is 262 g/mol. The lowest BCUT2D eigenvalue weighted by molar-refractivity contribution is -0.117. The molecule has 5 heteroatoms. The Bertz CT molecular complexity index is 454. The van der Waals surface area contributed by atoms with E-state index in [-0.39, 0.29) is 18.4 Å². The van der Waals surface area contributed by atoms with E-state index >= 15 is 0 Å². The Labute approximate surface area is 113 Å². The van der Waals surface area contributed by atoms with E-state index in [2.05, 4.69) is 5.32 Å². The monoisotopic (exact) mass is 262 g/mol. The Morgan fingerprint density at radius 1 is 1.47 bits per heavy atom. The van der Waals surface area contributed by atoms with Gasteiger partial charge in [0.1, 0.15) is 11.8 Å². The second-order valence-corrected chi connectivity index (χ2v) is 4.26. The number of methoxy groups -OCH3 is 1. The smallest absolute Gasteiger partial charge is 0.224 e. The van der Waals surface area contributed by atoms with Crippen molar-refractivity contribution >= 4 is 11.6 Å². The van der Waals surface area contributed by atoms with E-state index in [1.165, 1.54) is 0 Å². The van der Waals surface area contributed by atoms with Crippen molar-refractivity contribution in [2.24, 2.45) is 5.92 Å². The van der Waals surface area contributed by atoms with Crippen LogP contribution in [-0.4, -0.2) is 26.2 Å². The number of hydrogen-bond acceptors (Lipinski definition) is 4. The summed E-state index contributed by atoms with van der Waals surface area (Å²) in [5.74, 6) is 0.548. The second-order valence-electron chi connectivity index (χ2n) is 4.26. The highest BCUT2D eigenvalue weighted by Crippen LogP contribution is 2.24. The van der Waals surface area contributed by atoms with Crippen LogP contribution in [0, 0.1) is 17.2 Å². The van der Waals surface area contributed by atoms with Gasteiger partial charge < -0.3 is 14.8 Å². The molecule has 0 radical (unpaired) electrons. The Balaban J connectivity index is 2.61. The van der Waals surface area contributed by atoms with Gasteiger partial charge in [0.25, 0.3) is 0 Å². The summed E-state index contributed by atoms with van der Waals surface area (Å²) in [5, 5.41) is 11.3. The zero-order valence-corrected chi connectivity index (χ0v) is 11.2. The zero-order valence-electron chi connectivity index (χ0n) is 11.2. The van der Waals surface area contributed by atoms with Crippen LogP contribution < -0.4 is 10.1 Å². The van der Waals surface area contributed by atoms with E-state index in [1.807, 2.05) is 13.0 Å². The molecule has 0 aliphatic rings. The largest absolute Gasteiger partial charge is 0.477 e. The average Bonchev–Trinajstić information content (AvgIpc) is 2.37. The molecule has 0 bridgehead atoms. The fraction of sp³-hybridized carbons (Fsp3) is 0.429. The van der Waals surface area contributed by atoms with E-state index in [1.54, 1.807) is 31.4 Å². The molecule has 5 nitrogen and oxygen atoms in total. The SMILES string of the molecule is COCC(C)CC(=O)Nc1ccccc1OCC#N. The number of nitrogens with zero attached hydrogens (tertiary/aromatic N) is 1. The third-order valence-electron chi connectivity index (χ3n) is 2.44. The predicted octanol–water partition coefficient (Wildman–Crippen LogP) is 2.20. The summed E-state index contributed by atoms with van der Waals surface area (Å²) in [6.07, 6.45) is 0.375. The van der Waals surface area contributed by atoms with E-state index < -0.39 is 0 Å². The van der Waals surface area contributed by atoms with E-state index in [0.29, 0.717) is 24.5 Å². The van der Waals surface area contributed by atoms with Crippen LogP contribution in [0.4, 0.5) is 5.69 Å². The van der Waals surface area contributed by atoms with Gasteiger partial charge in [0.2, 0.25) is 5.91 Å². The minimum absolute atomic E-state index is 0.0486. The summed E-state index contributed by atoms with van der Waals surface area (Å²) >= 11 is 0. The third kappa shape index (κ3) is 5.40. The number of nitriles is 1. The van der Waals surface area contributed by atoms with Crippen LogP contribution in [0.2, 0.25) is 0 Å². The van der Waals surface area contributed by atoms with Gasteiger partial charge >= 0.3 is 0 Å². The van der Waals surface area contributed by atoms with Gasteiger partial charge in [-0.25, -0.2) is 0 Å². The highest BCUT2D eigenvalue weighted by Gasteiger charge is 2.11. The maximum absolute atomic E-state index is 11.8. The summed E-state index contributed by atoms with van der Waals surface area (Å²) < 4.78 is 10.2. The summed E-state index contributed by atoms with van der Waals surface area (Å²) in [6, 6.07) is 8.94. The molecule has 0 spiro atoms. The first kappa shape index (κ1) is 15.0. The fourth-order valence-corrected chi connectivity index (χ4v) is 1.67. The lowest BCUT2D eigenvalue weighted by atomic mass is 10.1. The molecule has 1 N–H and O–H groups in total. The molecule has 0 aliphatic heterocycles. The fourth-order valence-electron chi connectivity index (χ4n) is 1.67. The van der Waals surface area contributed by atoms with Crippen LogP contribution in [0.5, 0.6) is 5.75 Å². The molecule has 0 fully saturated rings. The lowest BCUT2D eigenvalue weighted by Gasteiger charge is -2.13. The van der Waals surface area contributed by atoms with Crippen molar-refractivity contribution in [3.8, 4) is 11.8 Å². The number of para-hydroxylation sites is 2. The molecule has 1 atom stereocenters. The van der Waals surface area contributed by atoms with E-state index in [4.69, 9.17) is 14.7 Å². The highest BCUT2D eigenvalue weighted by atomic mass is 16.5. The molecule has 0 saturated carbocycles. The van der Waals surface area contributed by atoms with Gasteiger partial charge in [0.05, 0.1) is 5.69 Å². The molecule has 1 rings (SSSR count). The van der Waals surface area contributed by atoms with Gasteiger partial charge in [-0.05, 0) is 18.1 Å². The van der Waals surface area contributed by atoms with Gasteiger partial charge in [0.15, 0.2) is 6.61 Å². The van der Waals surface area contributed by atoms with E-state index in [0.717, 1.165) is 0 Å². The van der Waals surface area contributed by atoms with Gasteiger partial charge in [0, 0.05) is 20.1 Å². The van der Waals surface area contributed by atoms with Crippen LogP contribution in [0.15, 0.2) is 24.3 Å². The van der Waals surface area contributed by atoms with Gasteiger partial charge in [-0.3, -0.25) is 4.79 Å². The number of hydrogen-bond donors (Lipinski definition) is 1. The molecule has 0 aliphatic carbocycles. The summed E-state index contributed by atoms with van der Waals surface area (Å²) in [6.45, 7) is 2.44. The van der Waals surface area contributed by atoms with Crippen LogP contribution in [0.1, 0.15) is 13.3 Å². The van der Waals surface area contributed by atoms with Crippen molar-refractivity contribution in [1.29, 1.82) is 5.26 Å². The van der Waals surface area contributed by atoms with E-state index in [9.17, 15) is 4.79 Å². The molecule has 1 aromatic rings. The van der Waals surface area contributed by atoms with Crippen molar-refractivity contribution < 1.29 is 14.3 Å². The Hall–Kier alpha value is -2.06. The van der Waals surface area contributed by atoms with Crippen LogP contribution >= 0.6 is 0 Å². The standard InChI is InChI=1S/C14H18N2O3/c1-11(10-18-2)9-14(17)16-12-5-3-4-6-13(12)19-8-7-15/h3-6,11H,8-10H2,1-2H3,(H,16,17). The van der Waals surface area contributed by atoms with Crippen molar-refractivity contribution in [1.82, 2.24) is 0 Å². The number of carbonyl (C=O) groups is 1. The van der Waals surface area contributed by atoms with Gasteiger partial charge in [-0.1, -0.05) is 19.1 Å². The predicted molar refractivity (Wildman–Crippen MR) is 71.8 cm³/mol. The van der Waals surface area contributed by atoms with Gasteiger partial charge in [-0.2, -0.15) is 5.26 Å². The quantitative estimate of drug-likeness (QED) is 0.817. The maximum Gasteiger partial charge on any atom is 0.224 e. The number of anilines is 1. The Morgan fingerprint density at radius 2 is 2.21 bits per heavy atom. The number of amides is 1. The molecule has 0 saturated heterocycles. The first-order valence-electron chi connectivity index (χ1n) is 6.05. The van der Waals surface area contributed by atoms with Crippen molar-refractivity contribution in [2.45, 2.75) is 13.3 Å². The third-order valence-corrected chi connectivity index (χ3v) is 2.44. The Morgan fingerprint density at radius 3 is 2.89 bits per heavy atom. The van der Waals surface area contributed by atoms with Crippen LogP contribution in [0.3, 0.4) is 0 Å². The number of ether oxygens (including phenoxy) is 2. The maximum atomic E-state index is 11.8. The highest BCUT2D eigenvalue weighted by molar-refractivity contribution is 5.92. The summed E-state index contributed by atoms with van der Waals surface area (Å²) in [4.78, 5) is 11.8. The molecular formula is C14H18N2O3. The number of rotatable bonds is 7. The summed E-state index contributed by atoms with van der Waals surface area (Å²) in [7, 11) is 1.61. The minimum atomic E-state index is -0.0995. The Kier molecular flexibility index (Phi) is 6.41. The first-order chi connectivity index (χ1) is 9.17. The second kappa shape index (κ2) is 8.11. The van der Waals surface area contributed by atoms with Crippen molar-refractivity contribution in [3.05, 3.63) is 24.3 Å². The molecule has 0 heterocycles. The topological polar surface area (TPSA) is 71.3 Å². The molecule has 1 unspecified atom stereocenters. The van der Waals surface area contributed by atoms with Crippen molar-refractivity contribution in [2.75, 3.05) is 25.6 Å². The molecule has 1 amide bonds. The molecule has 1 aromatic carbocycles. The minimum Gasteiger partial charge on any atom is -0.477 e. The first-order valence-corrected chi connectivity index (χ1v) is 6.05. The van der Waals surface area contributed by atoms with Crippen LogP contribution in [0.25, 0.3) is 0 Å². The molecule has 0 aromatic heterocycles.